The Morgan fingerprint density at radius 1 is 1.28 bits per heavy atom. The fraction of sp³-hybridized carbons (Fsp3) is 0.462. The van der Waals surface area contributed by atoms with Gasteiger partial charge in [-0.1, -0.05) is 18.2 Å². The zero-order valence-electron chi connectivity index (χ0n) is 19.2. The number of nitrogens with zero attached hydrogens (tertiary/aromatic N) is 2. The normalized spacial score (nSPS) is 18.6. The van der Waals surface area contributed by atoms with Crippen molar-refractivity contribution < 1.29 is 14.3 Å². The van der Waals surface area contributed by atoms with E-state index in [1.54, 1.807) is 19.1 Å². The number of nitrogens with one attached hydrogen (secondary N) is 1. The summed E-state index contributed by atoms with van der Waals surface area (Å²) < 4.78 is 5.39. The second kappa shape index (κ2) is 9.74. The van der Waals surface area contributed by atoms with Crippen molar-refractivity contribution in [3.8, 4) is 5.75 Å². The van der Waals surface area contributed by atoms with Gasteiger partial charge in [-0.3, -0.25) is 14.5 Å². The molecule has 0 saturated carbocycles. The van der Waals surface area contributed by atoms with E-state index in [0.29, 0.717) is 25.0 Å². The van der Waals surface area contributed by atoms with Crippen LogP contribution in [0.5, 0.6) is 5.75 Å². The first-order valence-electron chi connectivity index (χ1n) is 11.4. The van der Waals surface area contributed by atoms with Gasteiger partial charge in [-0.25, -0.2) is 0 Å². The highest BCUT2D eigenvalue weighted by atomic mass is 16.5. The molecule has 2 aliphatic rings. The Hall–Kier alpha value is -2.86. The van der Waals surface area contributed by atoms with Crippen molar-refractivity contribution in [1.29, 1.82) is 0 Å². The molecular weight excluding hydrogens is 402 g/mol. The van der Waals surface area contributed by atoms with E-state index >= 15 is 0 Å². The number of hydrogen-bond acceptors (Lipinski definition) is 4. The average Bonchev–Trinajstić information content (AvgIpc) is 3.46. The monoisotopic (exact) mass is 434 g/mol. The fourth-order valence-electron chi connectivity index (χ4n) is 4.64. The average molecular weight is 435 g/mol. The third-order valence-electron chi connectivity index (χ3n) is 6.58. The second-order valence-electron chi connectivity index (χ2n) is 8.88. The van der Waals surface area contributed by atoms with Gasteiger partial charge in [-0.2, -0.15) is 0 Å². The number of likely N-dealkylation sites (tertiary alicyclic amines) is 1. The zero-order valence-corrected chi connectivity index (χ0v) is 19.2. The Kier molecular flexibility index (Phi) is 6.80. The van der Waals surface area contributed by atoms with Crippen molar-refractivity contribution >= 4 is 17.5 Å². The maximum absolute atomic E-state index is 13.0. The molecule has 0 aromatic heterocycles. The first-order chi connectivity index (χ1) is 15.4. The Morgan fingerprint density at radius 2 is 2.06 bits per heavy atom. The van der Waals surface area contributed by atoms with Gasteiger partial charge in [0, 0.05) is 32.5 Å². The lowest BCUT2D eigenvalue weighted by Gasteiger charge is -2.24. The summed E-state index contributed by atoms with van der Waals surface area (Å²) in [5, 5.41) is 2.77. The third kappa shape index (κ3) is 4.96. The van der Waals surface area contributed by atoms with Crippen LogP contribution in [-0.4, -0.2) is 50.0 Å². The molecule has 2 amide bonds. The topological polar surface area (TPSA) is 61.9 Å². The summed E-state index contributed by atoms with van der Waals surface area (Å²) in [4.78, 5) is 28.7. The van der Waals surface area contributed by atoms with Gasteiger partial charge in [-0.05, 0) is 73.7 Å². The molecule has 0 spiro atoms. The van der Waals surface area contributed by atoms with Crippen LogP contribution in [0.15, 0.2) is 30.3 Å². The van der Waals surface area contributed by atoms with Crippen LogP contribution in [0.4, 0.5) is 5.69 Å². The van der Waals surface area contributed by atoms with E-state index in [0.717, 1.165) is 17.8 Å². The SMILES string of the molecule is COc1c[c]c(Cc2ccc(CN3CCCC3)c(C)c2)c(N(C)C(=O)C2CCC(=O)N2)c1. The van der Waals surface area contributed by atoms with E-state index in [-0.39, 0.29) is 11.8 Å². The summed E-state index contributed by atoms with van der Waals surface area (Å²) in [6.07, 6.45) is 4.18. The van der Waals surface area contributed by atoms with Crippen LogP contribution < -0.4 is 15.0 Å². The van der Waals surface area contributed by atoms with Crippen LogP contribution >= 0.6 is 0 Å². The number of aryl methyl sites for hydroxylation is 1. The summed E-state index contributed by atoms with van der Waals surface area (Å²) in [6, 6.07) is 13.2. The van der Waals surface area contributed by atoms with Gasteiger partial charge in [0.15, 0.2) is 0 Å². The van der Waals surface area contributed by atoms with Crippen LogP contribution in [0.2, 0.25) is 0 Å². The molecule has 32 heavy (non-hydrogen) atoms. The molecule has 2 aromatic rings. The van der Waals surface area contributed by atoms with Crippen LogP contribution in [0, 0.1) is 13.0 Å². The number of ether oxygens (including phenoxy) is 1. The number of carbonyl (C=O) groups excluding carboxylic acids is 2. The van der Waals surface area contributed by atoms with E-state index in [9.17, 15) is 9.59 Å². The lowest BCUT2D eigenvalue weighted by Crippen LogP contribution is -2.43. The lowest BCUT2D eigenvalue weighted by molar-refractivity contribution is -0.123. The van der Waals surface area contributed by atoms with E-state index in [1.165, 1.54) is 42.6 Å². The predicted octanol–water partition coefficient (Wildman–Crippen LogP) is 3.23. The van der Waals surface area contributed by atoms with Crippen molar-refractivity contribution in [1.82, 2.24) is 10.2 Å². The highest BCUT2D eigenvalue weighted by molar-refractivity contribution is 6.01. The number of rotatable bonds is 7. The quantitative estimate of drug-likeness (QED) is 0.727. The Bertz CT molecular complexity index is 998. The number of carbonyl (C=O) groups is 2. The molecule has 1 unspecified atom stereocenters. The number of anilines is 1. The molecule has 169 valence electrons. The highest BCUT2D eigenvalue weighted by Gasteiger charge is 2.30. The number of likely N-dealkylation sites (N-methyl/N-ethyl adjacent to an activating group) is 1. The molecule has 4 rings (SSSR count). The molecule has 1 radical (unpaired) electrons. The van der Waals surface area contributed by atoms with Crippen molar-refractivity contribution in [2.75, 3.05) is 32.1 Å². The smallest absolute Gasteiger partial charge is 0.249 e. The Morgan fingerprint density at radius 3 is 2.72 bits per heavy atom. The Labute approximate surface area is 190 Å². The van der Waals surface area contributed by atoms with E-state index < -0.39 is 6.04 Å². The molecule has 2 fully saturated rings. The minimum absolute atomic E-state index is 0.0707. The number of hydrogen-bond donors (Lipinski definition) is 1. The second-order valence-corrected chi connectivity index (χ2v) is 8.88. The molecule has 2 aliphatic heterocycles. The summed E-state index contributed by atoms with van der Waals surface area (Å²) in [5.74, 6) is 0.463. The molecule has 6 heteroatoms. The molecule has 1 N–H and O–H groups in total. The summed E-state index contributed by atoms with van der Waals surface area (Å²) in [6.45, 7) is 5.56. The van der Waals surface area contributed by atoms with Gasteiger partial charge in [-0.15, -0.1) is 0 Å². The molecule has 0 aliphatic carbocycles. The molecule has 2 heterocycles. The van der Waals surface area contributed by atoms with Crippen molar-refractivity contribution in [2.24, 2.45) is 0 Å². The van der Waals surface area contributed by atoms with Gasteiger partial charge in [0.2, 0.25) is 11.8 Å². The van der Waals surface area contributed by atoms with Crippen molar-refractivity contribution in [3.05, 3.63) is 58.7 Å². The van der Waals surface area contributed by atoms with Crippen LogP contribution in [0.25, 0.3) is 0 Å². The zero-order chi connectivity index (χ0) is 22.7. The first-order valence-corrected chi connectivity index (χ1v) is 11.4. The first kappa shape index (κ1) is 22.3. The summed E-state index contributed by atoms with van der Waals surface area (Å²) in [5.41, 5.74) is 5.54. The Balaban J connectivity index is 1.54. The van der Waals surface area contributed by atoms with Crippen molar-refractivity contribution in [3.63, 3.8) is 0 Å². The van der Waals surface area contributed by atoms with Gasteiger partial charge >= 0.3 is 0 Å². The fourth-order valence-corrected chi connectivity index (χ4v) is 4.64. The molecule has 2 saturated heterocycles. The summed E-state index contributed by atoms with van der Waals surface area (Å²) >= 11 is 0. The lowest BCUT2D eigenvalue weighted by atomic mass is 9.98. The molecule has 2 aromatic carbocycles. The summed E-state index contributed by atoms with van der Waals surface area (Å²) in [7, 11) is 3.36. The van der Waals surface area contributed by atoms with Gasteiger partial charge in [0.1, 0.15) is 11.8 Å². The van der Waals surface area contributed by atoms with Crippen molar-refractivity contribution in [2.45, 2.75) is 51.6 Å². The minimum atomic E-state index is -0.473. The molecule has 1 atom stereocenters. The molecule has 0 bridgehead atoms. The maximum Gasteiger partial charge on any atom is 0.249 e. The predicted molar refractivity (Wildman–Crippen MR) is 125 cm³/mol. The van der Waals surface area contributed by atoms with Crippen LogP contribution in [0.1, 0.15) is 47.9 Å². The van der Waals surface area contributed by atoms with Gasteiger partial charge in [0.05, 0.1) is 12.8 Å². The minimum Gasteiger partial charge on any atom is -0.497 e. The van der Waals surface area contributed by atoms with Gasteiger partial charge < -0.3 is 15.0 Å². The maximum atomic E-state index is 13.0. The number of methoxy groups -OCH3 is 1. The van der Waals surface area contributed by atoms with Crippen LogP contribution in [0.3, 0.4) is 0 Å². The van der Waals surface area contributed by atoms with E-state index in [1.807, 2.05) is 12.1 Å². The highest BCUT2D eigenvalue weighted by Crippen LogP contribution is 2.29. The molecule has 6 nitrogen and oxygen atoms in total. The van der Waals surface area contributed by atoms with E-state index in [2.05, 4.69) is 41.4 Å². The third-order valence-corrected chi connectivity index (χ3v) is 6.58. The standard InChI is InChI=1S/C26H32N3O3/c1-18-14-19(6-7-21(18)17-29-12-4-5-13-29)15-20-8-9-22(32-3)16-24(20)28(2)26(31)23-10-11-25(30)27-23/h6-7,9,14,16,23H,4-5,10-13,15,17H2,1-3H3,(H,27,30). The molecular formula is C26H32N3O3. The largest absolute Gasteiger partial charge is 0.497 e. The van der Waals surface area contributed by atoms with Crippen LogP contribution in [-0.2, 0) is 22.6 Å². The van der Waals surface area contributed by atoms with Gasteiger partial charge in [0.25, 0.3) is 0 Å². The number of amides is 2. The number of benzene rings is 2. The van der Waals surface area contributed by atoms with E-state index in [4.69, 9.17) is 4.74 Å².